The van der Waals surface area contributed by atoms with Crippen LogP contribution in [-0.2, 0) is 14.8 Å². The predicted molar refractivity (Wildman–Crippen MR) is 118 cm³/mol. The number of aryl methyl sites for hydroxylation is 2. The molecular formula is C20H25ClN2O3S2. The van der Waals surface area contributed by atoms with Crippen molar-refractivity contribution in [3.05, 3.63) is 58.6 Å². The second kappa shape index (κ2) is 9.67. The number of halogens is 1. The molecule has 0 heterocycles. The van der Waals surface area contributed by atoms with Crippen molar-refractivity contribution < 1.29 is 13.2 Å². The van der Waals surface area contributed by atoms with Crippen molar-refractivity contribution in [3.8, 4) is 0 Å². The summed E-state index contributed by atoms with van der Waals surface area (Å²) in [4.78, 5) is 13.6. The van der Waals surface area contributed by atoms with Gasteiger partial charge in [0.1, 0.15) is 6.04 Å². The SMILES string of the molecule is Cc1ccc(N([C@@H](C)C(=O)NCCSc2ccc(Cl)cc2)S(C)(=O)=O)cc1C. The van der Waals surface area contributed by atoms with Crippen molar-refractivity contribution in [2.75, 3.05) is 22.9 Å². The van der Waals surface area contributed by atoms with E-state index in [1.54, 1.807) is 30.8 Å². The van der Waals surface area contributed by atoms with Gasteiger partial charge in [0.25, 0.3) is 0 Å². The van der Waals surface area contributed by atoms with Crippen LogP contribution >= 0.6 is 23.4 Å². The molecule has 1 amide bonds. The van der Waals surface area contributed by atoms with Gasteiger partial charge < -0.3 is 5.32 Å². The zero-order valence-corrected chi connectivity index (χ0v) is 18.8. The summed E-state index contributed by atoms with van der Waals surface area (Å²) in [5.74, 6) is 0.336. The molecule has 0 unspecified atom stereocenters. The number of rotatable bonds is 8. The summed E-state index contributed by atoms with van der Waals surface area (Å²) in [7, 11) is -3.61. The van der Waals surface area contributed by atoms with E-state index >= 15 is 0 Å². The molecule has 0 radical (unpaired) electrons. The van der Waals surface area contributed by atoms with Crippen molar-refractivity contribution in [3.63, 3.8) is 0 Å². The van der Waals surface area contributed by atoms with Gasteiger partial charge in [0.05, 0.1) is 11.9 Å². The minimum Gasteiger partial charge on any atom is -0.353 e. The Labute approximate surface area is 176 Å². The monoisotopic (exact) mass is 440 g/mol. The lowest BCUT2D eigenvalue weighted by Crippen LogP contribution is -2.48. The highest BCUT2D eigenvalue weighted by molar-refractivity contribution is 7.99. The smallest absolute Gasteiger partial charge is 0.243 e. The lowest BCUT2D eigenvalue weighted by atomic mass is 10.1. The molecule has 0 aromatic heterocycles. The van der Waals surface area contributed by atoms with Crippen LogP contribution in [-0.4, -0.2) is 38.9 Å². The van der Waals surface area contributed by atoms with Gasteiger partial charge in [-0.05, 0) is 68.3 Å². The number of carbonyl (C=O) groups excluding carboxylic acids is 1. The molecule has 1 atom stereocenters. The lowest BCUT2D eigenvalue weighted by molar-refractivity contribution is -0.121. The molecule has 5 nitrogen and oxygen atoms in total. The summed E-state index contributed by atoms with van der Waals surface area (Å²) in [6, 6.07) is 12.0. The first-order valence-corrected chi connectivity index (χ1v) is 12.0. The third kappa shape index (κ3) is 6.15. The molecule has 28 heavy (non-hydrogen) atoms. The Morgan fingerprint density at radius 1 is 1.14 bits per heavy atom. The number of carbonyl (C=O) groups is 1. The van der Waals surface area contributed by atoms with Gasteiger partial charge in [-0.2, -0.15) is 0 Å². The van der Waals surface area contributed by atoms with Crippen molar-refractivity contribution in [1.29, 1.82) is 0 Å². The minimum absolute atomic E-state index is 0.333. The summed E-state index contributed by atoms with van der Waals surface area (Å²) in [5, 5.41) is 3.50. The fourth-order valence-electron chi connectivity index (χ4n) is 2.69. The second-order valence-electron chi connectivity index (χ2n) is 6.60. The highest BCUT2D eigenvalue weighted by Crippen LogP contribution is 2.24. The number of hydrogen-bond donors (Lipinski definition) is 1. The van der Waals surface area contributed by atoms with Crippen LogP contribution in [0.4, 0.5) is 5.69 Å². The molecule has 0 aliphatic heterocycles. The molecule has 0 aliphatic rings. The molecule has 2 aromatic carbocycles. The molecule has 0 bridgehead atoms. The van der Waals surface area contributed by atoms with E-state index in [4.69, 9.17) is 11.6 Å². The van der Waals surface area contributed by atoms with Gasteiger partial charge >= 0.3 is 0 Å². The van der Waals surface area contributed by atoms with Gasteiger partial charge in [0.2, 0.25) is 15.9 Å². The zero-order valence-electron chi connectivity index (χ0n) is 16.4. The van der Waals surface area contributed by atoms with Crippen LogP contribution in [0.15, 0.2) is 47.4 Å². The van der Waals surface area contributed by atoms with Crippen molar-refractivity contribution >= 4 is 45.0 Å². The molecule has 0 spiro atoms. The molecule has 2 aromatic rings. The van der Waals surface area contributed by atoms with Crippen molar-refractivity contribution in [2.45, 2.75) is 31.7 Å². The number of amides is 1. The molecule has 0 aliphatic carbocycles. The standard InChI is InChI=1S/C20H25ClN2O3S2/c1-14-5-8-18(13-15(14)2)23(28(4,25)26)16(3)20(24)22-11-12-27-19-9-6-17(21)7-10-19/h5-10,13,16H,11-12H2,1-4H3,(H,22,24)/t16-/m0/s1. The largest absolute Gasteiger partial charge is 0.353 e. The number of anilines is 1. The molecular weight excluding hydrogens is 416 g/mol. The Hall–Kier alpha value is -1.70. The van der Waals surface area contributed by atoms with Gasteiger partial charge in [-0.3, -0.25) is 9.10 Å². The first kappa shape index (κ1) is 22.6. The Morgan fingerprint density at radius 3 is 2.36 bits per heavy atom. The van der Waals surface area contributed by atoms with Gasteiger partial charge in [-0.1, -0.05) is 17.7 Å². The molecule has 2 rings (SSSR count). The summed E-state index contributed by atoms with van der Waals surface area (Å²) >= 11 is 7.46. The Morgan fingerprint density at radius 2 is 1.79 bits per heavy atom. The average molecular weight is 441 g/mol. The number of sulfonamides is 1. The van der Waals surface area contributed by atoms with E-state index in [-0.39, 0.29) is 5.91 Å². The highest BCUT2D eigenvalue weighted by atomic mass is 35.5. The fraction of sp³-hybridized carbons (Fsp3) is 0.350. The van der Waals surface area contributed by atoms with E-state index in [2.05, 4.69) is 5.32 Å². The second-order valence-corrected chi connectivity index (χ2v) is 10.1. The Bertz CT molecular complexity index is 931. The molecule has 0 fully saturated rings. The van der Waals surface area contributed by atoms with Gasteiger partial charge in [-0.25, -0.2) is 8.42 Å². The first-order chi connectivity index (χ1) is 13.1. The summed E-state index contributed by atoms with van der Waals surface area (Å²) in [6.07, 6.45) is 1.11. The number of hydrogen-bond acceptors (Lipinski definition) is 4. The van der Waals surface area contributed by atoms with E-state index in [0.29, 0.717) is 23.0 Å². The molecule has 152 valence electrons. The van der Waals surface area contributed by atoms with Crippen molar-refractivity contribution in [2.24, 2.45) is 0 Å². The minimum atomic E-state index is -3.61. The maximum absolute atomic E-state index is 12.6. The van der Waals surface area contributed by atoms with E-state index in [1.807, 2.05) is 44.2 Å². The maximum Gasteiger partial charge on any atom is 0.243 e. The van der Waals surface area contributed by atoms with Crippen LogP contribution in [0.2, 0.25) is 5.02 Å². The van der Waals surface area contributed by atoms with Gasteiger partial charge in [-0.15, -0.1) is 11.8 Å². The summed E-state index contributed by atoms with van der Waals surface area (Å²) < 4.78 is 25.9. The van der Waals surface area contributed by atoms with Crippen molar-refractivity contribution in [1.82, 2.24) is 5.32 Å². The molecule has 0 saturated heterocycles. The van der Waals surface area contributed by atoms with Crippen LogP contribution in [0, 0.1) is 13.8 Å². The van der Waals surface area contributed by atoms with E-state index in [1.165, 1.54) is 4.31 Å². The van der Waals surface area contributed by atoms with E-state index in [9.17, 15) is 13.2 Å². The highest BCUT2D eigenvalue weighted by Gasteiger charge is 2.29. The predicted octanol–water partition coefficient (Wildman–Crippen LogP) is 4.02. The topological polar surface area (TPSA) is 66.5 Å². The zero-order chi connectivity index (χ0) is 20.9. The quantitative estimate of drug-likeness (QED) is 0.497. The van der Waals surface area contributed by atoms with Crippen LogP contribution in [0.3, 0.4) is 0 Å². The number of nitrogens with zero attached hydrogens (tertiary/aromatic N) is 1. The van der Waals surface area contributed by atoms with Gasteiger partial charge in [0.15, 0.2) is 0 Å². The van der Waals surface area contributed by atoms with Crippen LogP contribution in [0.25, 0.3) is 0 Å². The fourth-order valence-corrected chi connectivity index (χ4v) is 4.75. The summed E-state index contributed by atoms with van der Waals surface area (Å²) in [5.41, 5.74) is 2.52. The lowest BCUT2D eigenvalue weighted by Gasteiger charge is -2.28. The molecule has 1 N–H and O–H groups in total. The van der Waals surface area contributed by atoms with Crippen LogP contribution in [0.1, 0.15) is 18.1 Å². The Kier molecular flexibility index (Phi) is 7.80. The third-order valence-electron chi connectivity index (χ3n) is 4.32. The number of benzene rings is 2. The van der Waals surface area contributed by atoms with E-state index in [0.717, 1.165) is 22.3 Å². The Balaban J connectivity index is 2.01. The first-order valence-electron chi connectivity index (χ1n) is 8.82. The van der Waals surface area contributed by atoms with Crippen LogP contribution < -0.4 is 9.62 Å². The normalized spacial score (nSPS) is 12.5. The number of nitrogens with one attached hydrogen (secondary N) is 1. The summed E-state index contributed by atoms with van der Waals surface area (Å²) in [6.45, 7) is 5.90. The molecule has 0 saturated carbocycles. The van der Waals surface area contributed by atoms with E-state index < -0.39 is 16.1 Å². The van der Waals surface area contributed by atoms with Gasteiger partial charge in [0, 0.05) is 22.2 Å². The molecule has 8 heteroatoms. The maximum atomic E-state index is 12.6. The third-order valence-corrected chi connectivity index (χ3v) is 6.82. The van der Waals surface area contributed by atoms with Crippen LogP contribution in [0.5, 0.6) is 0 Å². The number of thioether (sulfide) groups is 1. The average Bonchev–Trinajstić information content (AvgIpc) is 2.62.